The van der Waals surface area contributed by atoms with Gasteiger partial charge in [0.05, 0.1) is 13.2 Å². The van der Waals surface area contributed by atoms with Crippen molar-refractivity contribution >= 4 is 0 Å². The lowest BCUT2D eigenvalue weighted by molar-refractivity contribution is 0.411. The van der Waals surface area contributed by atoms with E-state index in [1.54, 1.807) is 19.2 Å². The van der Waals surface area contributed by atoms with Crippen LogP contribution in [0.2, 0.25) is 0 Å². The van der Waals surface area contributed by atoms with Gasteiger partial charge in [0.15, 0.2) is 17.5 Å². The molecule has 1 atom stereocenters. The fourth-order valence-electron chi connectivity index (χ4n) is 2.30. The number of halogens is 3. The molecule has 5 heteroatoms. The molecule has 0 spiro atoms. The summed E-state index contributed by atoms with van der Waals surface area (Å²) < 4.78 is 44.9. The molecule has 0 aliphatic carbocycles. The molecule has 2 rings (SSSR count). The molecule has 0 radical (unpaired) electrons. The van der Waals surface area contributed by atoms with Crippen molar-refractivity contribution < 1.29 is 17.9 Å². The molecular weight excluding hydrogens is 279 g/mol. The van der Waals surface area contributed by atoms with Crippen LogP contribution in [0.25, 0.3) is 0 Å². The summed E-state index contributed by atoms with van der Waals surface area (Å²) in [5, 5.41) is 0. The topological polar surface area (TPSA) is 35.2 Å². The smallest absolute Gasteiger partial charge is 0.194 e. The van der Waals surface area contributed by atoms with Gasteiger partial charge in [0.2, 0.25) is 0 Å². The molecule has 1 unspecified atom stereocenters. The van der Waals surface area contributed by atoms with Crippen LogP contribution in [0.5, 0.6) is 5.75 Å². The first-order valence-electron chi connectivity index (χ1n) is 6.40. The van der Waals surface area contributed by atoms with E-state index in [9.17, 15) is 13.2 Å². The molecule has 0 fully saturated rings. The monoisotopic (exact) mass is 295 g/mol. The quantitative estimate of drug-likeness (QED) is 0.875. The van der Waals surface area contributed by atoms with Gasteiger partial charge in [0, 0.05) is 0 Å². The third-order valence-electron chi connectivity index (χ3n) is 3.48. The molecule has 0 heterocycles. The third-order valence-corrected chi connectivity index (χ3v) is 3.48. The highest BCUT2D eigenvalue weighted by molar-refractivity contribution is 5.45. The van der Waals surface area contributed by atoms with E-state index in [4.69, 9.17) is 10.5 Å². The summed E-state index contributed by atoms with van der Waals surface area (Å²) >= 11 is 0. The van der Waals surface area contributed by atoms with Gasteiger partial charge >= 0.3 is 0 Å². The minimum Gasteiger partial charge on any atom is -0.496 e. The summed E-state index contributed by atoms with van der Waals surface area (Å²) in [6, 6.07) is 4.70. The summed E-state index contributed by atoms with van der Waals surface area (Å²) in [6.45, 7) is 3.67. The van der Waals surface area contributed by atoms with E-state index < -0.39 is 23.5 Å². The van der Waals surface area contributed by atoms with Crippen molar-refractivity contribution in [1.29, 1.82) is 0 Å². The highest BCUT2D eigenvalue weighted by Crippen LogP contribution is 2.30. The normalized spacial score (nSPS) is 12.3. The molecule has 2 N–H and O–H groups in total. The molecule has 2 aromatic carbocycles. The Bertz CT molecular complexity index is 662. The van der Waals surface area contributed by atoms with Crippen LogP contribution in [-0.4, -0.2) is 7.11 Å². The van der Waals surface area contributed by atoms with Crippen LogP contribution < -0.4 is 10.5 Å². The van der Waals surface area contributed by atoms with Crippen LogP contribution in [0.3, 0.4) is 0 Å². The second kappa shape index (κ2) is 5.77. The minimum atomic E-state index is -1.49. The van der Waals surface area contributed by atoms with E-state index in [1.165, 1.54) is 0 Å². The zero-order chi connectivity index (χ0) is 15.7. The van der Waals surface area contributed by atoms with Crippen molar-refractivity contribution in [1.82, 2.24) is 0 Å². The number of benzene rings is 2. The lowest BCUT2D eigenvalue weighted by Gasteiger charge is -2.18. The van der Waals surface area contributed by atoms with Crippen LogP contribution in [0.1, 0.15) is 28.3 Å². The SMILES string of the molecule is COc1cc(C)c(C(N)c2cc(F)c(F)c(F)c2)cc1C. The average molecular weight is 295 g/mol. The van der Waals surface area contributed by atoms with Gasteiger partial charge in [-0.2, -0.15) is 0 Å². The second-order valence-electron chi connectivity index (χ2n) is 4.95. The maximum Gasteiger partial charge on any atom is 0.194 e. The molecule has 0 aliphatic heterocycles. The molecule has 0 amide bonds. The molecule has 0 saturated carbocycles. The number of nitrogens with two attached hydrogens (primary N) is 1. The molecule has 0 bridgehead atoms. The summed E-state index contributed by atoms with van der Waals surface area (Å²) in [5.74, 6) is -3.28. The Hall–Kier alpha value is -2.01. The second-order valence-corrected chi connectivity index (χ2v) is 4.95. The summed E-state index contributed by atoms with van der Waals surface area (Å²) in [6.07, 6.45) is 0. The van der Waals surface area contributed by atoms with Crippen LogP contribution in [-0.2, 0) is 0 Å². The minimum absolute atomic E-state index is 0.180. The first-order chi connectivity index (χ1) is 9.85. The summed E-state index contributed by atoms with van der Waals surface area (Å²) in [5.41, 5.74) is 8.64. The fraction of sp³-hybridized carbons (Fsp3) is 0.250. The van der Waals surface area contributed by atoms with Gasteiger partial charge in [-0.15, -0.1) is 0 Å². The van der Waals surface area contributed by atoms with Crippen molar-refractivity contribution in [3.8, 4) is 5.75 Å². The van der Waals surface area contributed by atoms with Crippen molar-refractivity contribution in [2.75, 3.05) is 7.11 Å². The highest BCUT2D eigenvalue weighted by Gasteiger charge is 2.18. The predicted molar refractivity (Wildman–Crippen MR) is 74.8 cm³/mol. The van der Waals surface area contributed by atoms with Gasteiger partial charge in [-0.25, -0.2) is 13.2 Å². The number of aryl methyl sites for hydroxylation is 2. The molecule has 112 valence electrons. The lowest BCUT2D eigenvalue weighted by atomic mass is 9.93. The van der Waals surface area contributed by atoms with Crippen LogP contribution in [0, 0.1) is 31.3 Å². The van der Waals surface area contributed by atoms with Gasteiger partial charge < -0.3 is 10.5 Å². The van der Waals surface area contributed by atoms with E-state index in [2.05, 4.69) is 0 Å². The first-order valence-corrected chi connectivity index (χ1v) is 6.40. The van der Waals surface area contributed by atoms with E-state index in [0.717, 1.165) is 23.3 Å². The first kappa shape index (κ1) is 15.4. The van der Waals surface area contributed by atoms with Crippen LogP contribution >= 0.6 is 0 Å². The Kier molecular flexibility index (Phi) is 4.23. The number of hydrogen-bond acceptors (Lipinski definition) is 2. The van der Waals surface area contributed by atoms with Gasteiger partial charge in [-0.05, 0) is 54.3 Å². The maximum absolute atomic E-state index is 13.3. The lowest BCUT2D eigenvalue weighted by Crippen LogP contribution is -2.15. The summed E-state index contributed by atoms with van der Waals surface area (Å²) in [7, 11) is 1.56. The van der Waals surface area contributed by atoms with E-state index >= 15 is 0 Å². The van der Waals surface area contributed by atoms with Crippen LogP contribution in [0.4, 0.5) is 13.2 Å². The van der Waals surface area contributed by atoms with Crippen molar-refractivity contribution in [2.24, 2.45) is 5.73 Å². The molecule has 0 aromatic heterocycles. The molecule has 0 aliphatic rings. The number of ether oxygens (including phenoxy) is 1. The summed E-state index contributed by atoms with van der Waals surface area (Å²) in [4.78, 5) is 0. The molecule has 0 saturated heterocycles. The van der Waals surface area contributed by atoms with E-state index in [0.29, 0.717) is 11.3 Å². The predicted octanol–water partition coefficient (Wildman–Crippen LogP) is 3.78. The zero-order valence-electron chi connectivity index (χ0n) is 12.0. The van der Waals surface area contributed by atoms with Crippen molar-refractivity contribution in [3.05, 3.63) is 64.0 Å². The largest absolute Gasteiger partial charge is 0.496 e. The Labute approximate surface area is 121 Å². The Morgan fingerprint density at radius 3 is 2.05 bits per heavy atom. The number of hydrogen-bond donors (Lipinski definition) is 1. The van der Waals surface area contributed by atoms with Crippen molar-refractivity contribution in [2.45, 2.75) is 19.9 Å². The number of methoxy groups -OCH3 is 1. The molecular formula is C16H16F3NO. The Balaban J connectivity index is 2.50. The average Bonchev–Trinajstić information content (AvgIpc) is 2.45. The van der Waals surface area contributed by atoms with Crippen molar-refractivity contribution in [3.63, 3.8) is 0 Å². The Morgan fingerprint density at radius 1 is 0.952 bits per heavy atom. The van der Waals surface area contributed by atoms with Gasteiger partial charge in [-0.1, -0.05) is 6.07 Å². The third kappa shape index (κ3) is 2.88. The maximum atomic E-state index is 13.3. The van der Waals surface area contributed by atoms with Gasteiger partial charge in [0.25, 0.3) is 0 Å². The zero-order valence-corrected chi connectivity index (χ0v) is 12.0. The Morgan fingerprint density at radius 2 is 1.52 bits per heavy atom. The highest BCUT2D eigenvalue weighted by atomic mass is 19.2. The number of rotatable bonds is 3. The van der Waals surface area contributed by atoms with Gasteiger partial charge in [-0.3, -0.25) is 0 Å². The van der Waals surface area contributed by atoms with Gasteiger partial charge in [0.1, 0.15) is 5.75 Å². The molecule has 2 nitrogen and oxygen atoms in total. The molecule has 21 heavy (non-hydrogen) atoms. The molecule has 2 aromatic rings. The fourth-order valence-corrected chi connectivity index (χ4v) is 2.30. The van der Waals surface area contributed by atoms with E-state index in [1.807, 2.05) is 13.8 Å². The standard InChI is InChI=1S/C16H16F3NO/c1-8-5-14(21-3)9(2)4-11(8)16(20)10-6-12(17)15(19)13(18)7-10/h4-7,16H,20H2,1-3H3. The van der Waals surface area contributed by atoms with E-state index in [-0.39, 0.29) is 5.56 Å². The van der Waals surface area contributed by atoms with Crippen LogP contribution in [0.15, 0.2) is 24.3 Å².